The van der Waals surface area contributed by atoms with E-state index in [1.54, 1.807) is 25.2 Å². The van der Waals surface area contributed by atoms with E-state index in [0.29, 0.717) is 16.7 Å². The highest BCUT2D eigenvalue weighted by Crippen LogP contribution is 2.37. The van der Waals surface area contributed by atoms with Gasteiger partial charge < -0.3 is 19.8 Å². The number of aryl methyl sites for hydroxylation is 1. The molecule has 0 spiro atoms. The van der Waals surface area contributed by atoms with E-state index in [1.165, 1.54) is 4.57 Å². The number of carbonyl (C=O) groups excluding carboxylic acids is 1. The summed E-state index contributed by atoms with van der Waals surface area (Å²) >= 11 is 0. The molecule has 0 saturated carbocycles. The smallest absolute Gasteiger partial charge is 0.267 e. The van der Waals surface area contributed by atoms with Crippen molar-refractivity contribution in [2.45, 2.75) is 0 Å². The molecule has 0 fully saturated rings. The Morgan fingerprint density at radius 1 is 1.39 bits per heavy atom. The Bertz CT molecular complexity index is 733. The first-order valence-corrected chi connectivity index (χ1v) is 5.32. The second-order valence-corrected chi connectivity index (χ2v) is 3.99. The van der Waals surface area contributed by atoms with E-state index in [2.05, 4.69) is 0 Å². The predicted molar refractivity (Wildman–Crippen MR) is 63.8 cm³/mol. The van der Waals surface area contributed by atoms with E-state index >= 15 is 0 Å². The molecule has 2 aromatic rings. The Morgan fingerprint density at radius 2 is 2.17 bits per heavy atom. The molecule has 2 N–H and O–H groups in total. The number of hydrogen-bond donors (Lipinski definition) is 1. The summed E-state index contributed by atoms with van der Waals surface area (Å²) in [5.41, 5.74) is 5.28. The molecule has 0 bridgehead atoms. The Morgan fingerprint density at radius 3 is 2.89 bits per heavy atom. The zero-order valence-corrected chi connectivity index (χ0v) is 9.60. The molecule has 18 heavy (non-hydrogen) atoms. The van der Waals surface area contributed by atoms with Gasteiger partial charge >= 0.3 is 0 Å². The van der Waals surface area contributed by atoms with Crippen molar-refractivity contribution >= 4 is 16.8 Å². The third-order valence-electron chi connectivity index (χ3n) is 3.00. The Balaban J connectivity index is 2.60. The van der Waals surface area contributed by atoms with Gasteiger partial charge in [-0.2, -0.15) is 0 Å². The number of ether oxygens (including phenoxy) is 2. The fourth-order valence-corrected chi connectivity index (χ4v) is 2.16. The number of carbonyl (C=O) groups is 1. The van der Waals surface area contributed by atoms with Gasteiger partial charge in [0.25, 0.3) is 11.5 Å². The fourth-order valence-electron chi connectivity index (χ4n) is 2.16. The van der Waals surface area contributed by atoms with E-state index in [-0.39, 0.29) is 18.1 Å². The third kappa shape index (κ3) is 1.22. The summed E-state index contributed by atoms with van der Waals surface area (Å²) in [5.74, 6) is -0.0153. The number of aromatic nitrogens is 1. The number of primary amides is 1. The first-order valence-electron chi connectivity index (χ1n) is 5.32. The summed E-state index contributed by atoms with van der Waals surface area (Å²) in [4.78, 5) is 23.5. The molecule has 1 aliphatic rings. The molecule has 0 unspecified atom stereocenters. The first-order chi connectivity index (χ1) is 8.61. The summed E-state index contributed by atoms with van der Waals surface area (Å²) in [6.07, 6.45) is 0. The van der Waals surface area contributed by atoms with E-state index in [0.717, 1.165) is 0 Å². The van der Waals surface area contributed by atoms with Gasteiger partial charge in [-0.25, -0.2) is 0 Å². The molecule has 1 aliphatic heterocycles. The minimum absolute atomic E-state index is 0.0421. The molecule has 6 heteroatoms. The summed E-state index contributed by atoms with van der Waals surface area (Å²) in [6.45, 7) is -0.0421. The van der Waals surface area contributed by atoms with Gasteiger partial charge in [-0.3, -0.25) is 9.59 Å². The molecule has 1 amide bonds. The first kappa shape index (κ1) is 10.6. The lowest BCUT2D eigenvalue weighted by Crippen LogP contribution is -2.31. The number of pyridine rings is 1. The Kier molecular flexibility index (Phi) is 2.07. The molecular formula is C12H10N2O4. The standard InChI is InChI=1S/C12H10N2O4/c1-14-6-3-2-4-7-8(6)10(18-5-17-7)9(11(13)15)12(14)16/h2-4H,5H2,1H3,(H2,13,15). The molecule has 6 nitrogen and oxygen atoms in total. The van der Waals surface area contributed by atoms with Crippen LogP contribution in [0.25, 0.3) is 10.9 Å². The van der Waals surface area contributed by atoms with Crippen molar-refractivity contribution in [2.75, 3.05) is 6.79 Å². The minimum atomic E-state index is -0.802. The van der Waals surface area contributed by atoms with Crippen LogP contribution in [0.4, 0.5) is 0 Å². The molecule has 2 heterocycles. The second kappa shape index (κ2) is 3.49. The van der Waals surface area contributed by atoms with Crippen LogP contribution in [0.5, 0.6) is 11.5 Å². The van der Waals surface area contributed by atoms with Gasteiger partial charge in [0.05, 0.1) is 10.9 Å². The topological polar surface area (TPSA) is 83.6 Å². The van der Waals surface area contributed by atoms with Crippen molar-refractivity contribution in [3.05, 3.63) is 34.1 Å². The van der Waals surface area contributed by atoms with Crippen LogP contribution in [0, 0.1) is 0 Å². The summed E-state index contributed by atoms with van der Waals surface area (Å²) in [7, 11) is 1.58. The molecule has 0 radical (unpaired) electrons. The van der Waals surface area contributed by atoms with Crippen LogP contribution in [0.3, 0.4) is 0 Å². The molecule has 0 atom stereocenters. The third-order valence-corrected chi connectivity index (χ3v) is 3.00. The van der Waals surface area contributed by atoms with Gasteiger partial charge in [0.15, 0.2) is 5.75 Å². The van der Waals surface area contributed by atoms with Crippen molar-refractivity contribution in [2.24, 2.45) is 12.8 Å². The van der Waals surface area contributed by atoms with Crippen molar-refractivity contribution in [1.29, 1.82) is 0 Å². The second-order valence-electron chi connectivity index (χ2n) is 3.99. The average molecular weight is 246 g/mol. The van der Waals surface area contributed by atoms with Crippen LogP contribution < -0.4 is 20.8 Å². The number of nitrogens with zero attached hydrogens (tertiary/aromatic N) is 1. The number of amides is 1. The van der Waals surface area contributed by atoms with Crippen LogP contribution in [0.2, 0.25) is 0 Å². The van der Waals surface area contributed by atoms with Gasteiger partial charge in [-0.15, -0.1) is 0 Å². The lowest BCUT2D eigenvalue weighted by atomic mass is 10.1. The fraction of sp³-hybridized carbons (Fsp3) is 0.167. The quantitative estimate of drug-likeness (QED) is 0.787. The molecule has 0 saturated heterocycles. The highest BCUT2D eigenvalue weighted by atomic mass is 16.7. The number of hydrogen-bond acceptors (Lipinski definition) is 4. The summed E-state index contributed by atoms with van der Waals surface area (Å²) in [6, 6.07) is 5.28. The maximum absolute atomic E-state index is 12.1. The van der Waals surface area contributed by atoms with Crippen LogP contribution >= 0.6 is 0 Å². The predicted octanol–water partition coefficient (Wildman–Crippen LogP) is 0.366. The van der Waals surface area contributed by atoms with E-state index in [4.69, 9.17) is 15.2 Å². The van der Waals surface area contributed by atoms with Crippen molar-refractivity contribution in [3.8, 4) is 11.5 Å². The summed E-state index contributed by atoms with van der Waals surface area (Å²) in [5, 5.41) is 0.597. The van der Waals surface area contributed by atoms with Crippen LogP contribution in [0.1, 0.15) is 10.4 Å². The van der Waals surface area contributed by atoms with Gasteiger partial charge in [0.1, 0.15) is 11.3 Å². The van der Waals surface area contributed by atoms with Crippen LogP contribution in [-0.2, 0) is 7.05 Å². The zero-order valence-electron chi connectivity index (χ0n) is 9.60. The van der Waals surface area contributed by atoms with E-state index in [1.807, 2.05) is 0 Å². The molecule has 1 aromatic heterocycles. The largest absolute Gasteiger partial charge is 0.457 e. The van der Waals surface area contributed by atoms with E-state index in [9.17, 15) is 9.59 Å². The average Bonchev–Trinajstić information content (AvgIpc) is 2.36. The van der Waals surface area contributed by atoms with Gasteiger partial charge in [0, 0.05) is 7.05 Å². The molecule has 1 aromatic carbocycles. The molecule has 3 rings (SSSR count). The molecule has 0 aliphatic carbocycles. The van der Waals surface area contributed by atoms with E-state index < -0.39 is 11.5 Å². The summed E-state index contributed by atoms with van der Waals surface area (Å²) < 4.78 is 12.0. The molecular weight excluding hydrogens is 236 g/mol. The highest BCUT2D eigenvalue weighted by molar-refractivity contribution is 6.03. The Hall–Kier alpha value is -2.50. The lowest BCUT2D eigenvalue weighted by Gasteiger charge is -2.21. The number of rotatable bonds is 1. The van der Waals surface area contributed by atoms with Crippen LogP contribution in [0.15, 0.2) is 23.0 Å². The maximum atomic E-state index is 12.1. The van der Waals surface area contributed by atoms with Crippen LogP contribution in [-0.4, -0.2) is 17.3 Å². The Labute approximate surface area is 102 Å². The molecule has 92 valence electrons. The minimum Gasteiger partial charge on any atom is -0.457 e. The normalized spacial score (nSPS) is 12.9. The van der Waals surface area contributed by atoms with Gasteiger partial charge in [-0.05, 0) is 12.1 Å². The SMILES string of the molecule is Cn1c(=O)c(C(N)=O)c2c3c(cccc31)OCO2. The maximum Gasteiger partial charge on any atom is 0.267 e. The van der Waals surface area contributed by atoms with Crippen molar-refractivity contribution in [1.82, 2.24) is 4.57 Å². The number of benzene rings is 1. The van der Waals surface area contributed by atoms with Gasteiger partial charge in [-0.1, -0.05) is 6.07 Å². The van der Waals surface area contributed by atoms with Gasteiger partial charge in [0.2, 0.25) is 6.79 Å². The number of nitrogens with two attached hydrogens (primary N) is 1. The zero-order chi connectivity index (χ0) is 12.9. The van der Waals surface area contributed by atoms with Crippen molar-refractivity contribution < 1.29 is 14.3 Å². The monoisotopic (exact) mass is 246 g/mol. The van der Waals surface area contributed by atoms with Crippen molar-refractivity contribution in [3.63, 3.8) is 0 Å². The highest BCUT2D eigenvalue weighted by Gasteiger charge is 2.25. The lowest BCUT2D eigenvalue weighted by molar-refractivity contribution is 0.0960.